The summed E-state index contributed by atoms with van der Waals surface area (Å²) in [7, 11) is 1.45. The Labute approximate surface area is 354 Å². The highest BCUT2D eigenvalue weighted by Gasteiger charge is 2.36. The van der Waals surface area contributed by atoms with E-state index < -0.39 is 84.9 Å². The van der Waals surface area contributed by atoms with Gasteiger partial charge in [0.2, 0.25) is 29.5 Å². The summed E-state index contributed by atoms with van der Waals surface area (Å²) in [6, 6.07) is 10.5. The van der Waals surface area contributed by atoms with Gasteiger partial charge in [0.1, 0.15) is 30.5 Å². The Morgan fingerprint density at radius 1 is 0.917 bits per heavy atom. The summed E-state index contributed by atoms with van der Waals surface area (Å²) < 4.78 is 5.68. The maximum absolute atomic E-state index is 13.8. The quantitative estimate of drug-likeness (QED) is 0.0647. The van der Waals surface area contributed by atoms with E-state index in [2.05, 4.69) is 28.2 Å². The number of nitrogens with zero attached hydrogens (tertiary/aromatic N) is 1. The molecule has 1 heterocycles. The number of esters is 1. The number of cyclic esters (lactones) is 1. The van der Waals surface area contributed by atoms with Crippen molar-refractivity contribution in [1.82, 2.24) is 26.2 Å². The first-order valence-electron chi connectivity index (χ1n) is 21.1. The molecular formula is C46H65N5O9. The van der Waals surface area contributed by atoms with Gasteiger partial charge in [-0.1, -0.05) is 115 Å². The van der Waals surface area contributed by atoms with Gasteiger partial charge < -0.3 is 41.1 Å². The Balaban J connectivity index is 1.74. The second-order valence-corrected chi connectivity index (χ2v) is 16.1. The number of phenolic OH excluding ortho intramolecular Hbond substituents is 1. The molecule has 60 heavy (non-hydrogen) atoms. The highest BCUT2D eigenvalue weighted by molar-refractivity contribution is 5.95. The van der Waals surface area contributed by atoms with E-state index in [1.165, 1.54) is 36.6 Å². The molecule has 0 fully saturated rings. The number of aliphatic hydroxyl groups is 1. The second-order valence-electron chi connectivity index (χ2n) is 16.1. The molecule has 6 N–H and O–H groups in total. The minimum atomic E-state index is -1.29. The third-order valence-corrected chi connectivity index (χ3v) is 10.4. The van der Waals surface area contributed by atoms with E-state index in [1.54, 1.807) is 39.8 Å². The summed E-state index contributed by atoms with van der Waals surface area (Å²) in [5, 5.41) is 32.2. The SMILES string of the molecule is CCCCCC/C=C\CC(=O)N[C@@H](Cc1ccccc1)[C@@H](O)CC(=O)N[C@H](C(=O)N[C@@H]1/C=C\C(=O)N[C@@H](C(C)C)C(=O)N(C)[C@@H](Cc2ccc(O)cc2)C(=O)OC1)C(C)C. The number of amides is 5. The number of carbonyl (C=O) groups excluding carboxylic acids is 6. The van der Waals surface area contributed by atoms with E-state index in [-0.39, 0.29) is 36.8 Å². The second kappa shape index (κ2) is 25.2. The minimum Gasteiger partial charge on any atom is -0.508 e. The molecule has 3 rings (SSSR count). The molecule has 2 aromatic carbocycles. The molecule has 5 amide bonds. The van der Waals surface area contributed by atoms with Crippen LogP contribution in [0.3, 0.4) is 0 Å². The maximum Gasteiger partial charge on any atom is 0.329 e. The van der Waals surface area contributed by atoms with Crippen LogP contribution in [-0.2, 0) is 46.3 Å². The van der Waals surface area contributed by atoms with E-state index in [9.17, 15) is 39.0 Å². The summed E-state index contributed by atoms with van der Waals surface area (Å²) in [5.41, 5.74) is 1.50. The van der Waals surface area contributed by atoms with Gasteiger partial charge in [0.05, 0.1) is 24.6 Å². The van der Waals surface area contributed by atoms with E-state index in [0.29, 0.717) is 5.56 Å². The average molecular weight is 832 g/mol. The topological polar surface area (TPSA) is 203 Å². The van der Waals surface area contributed by atoms with Crippen LogP contribution >= 0.6 is 0 Å². The van der Waals surface area contributed by atoms with Crippen molar-refractivity contribution in [2.75, 3.05) is 13.7 Å². The highest BCUT2D eigenvalue weighted by atomic mass is 16.5. The normalized spacial score (nSPS) is 19.7. The van der Waals surface area contributed by atoms with E-state index >= 15 is 0 Å². The molecule has 14 nitrogen and oxygen atoms in total. The number of aromatic hydroxyl groups is 1. The van der Waals surface area contributed by atoms with Gasteiger partial charge in [-0.2, -0.15) is 0 Å². The van der Waals surface area contributed by atoms with Crippen molar-refractivity contribution in [1.29, 1.82) is 0 Å². The molecule has 0 saturated heterocycles. The molecule has 14 heteroatoms. The van der Waals surface area contributed by atoms with Crippen molar-refractivity contribution in [3.8, 4) is 5.75 Å². The number of hydrogen-bond donors (Lipinski definition) is 6. The summed E-state index contributed by atoms with van der Waals surface area (Å²) in [6.45, 7) is 8.73. The van der Waals surface area contributed by atoms with Gasteiger partial charge in [0.25, 0.3) is 0 Å². The summed E-state index contributed by atoms with van der Waals surface area (Å²) in [4.78, 5) is 81.8. The molecule has 0 aromatic heterocycles. The number of benzene rings is 2. The van der Waals surface area contributed by atoms with Crippen LogP contribution in [0.1, 0.15) is 90.7 Å². The first-order chi connectivity index (χ1) is 28.6. The molecule has 6 atom stereocenters. The van der Waals surface area contributed by atoms with Gasteiger partial charge in [0, 0.05) is 26.0 Å². The van der Waals surface area contributed by atoms with Crippen LogP contribution in [0.15, 0.2) is 78.9 Å². The predicted octanol–water partition coefficient (Wildman–Crippen LogP) is 4.04. The van der Waals surface area contributed by atoms with Gasteiger partial charge in [-0.25, -0.2) is 4.79 Å². The van der Waals surface area contributed by atoms with Crippen LogP contribution < -0.4 is 21.3 Å². The molecule has 0 unspecified atom stereocenters. The fraction of sp³-hybridized carbons (Fsp3) is 0.522. The van der Waals surface area contributed by atoms with Crippen molar-refractivity contribution in [3.63, 3.8) is 0 Å². The number of unbranched alkanes of at least 4 members (excludes halogenated alkanes) is 4. The number of aliphatic hydroxyl groups excluding tert-OH is 1. The lowest BCUT2D eigenvalue weighted by molar-refractivity contribution is -0.156. The zero-order chi connectivity index (χ0) is 44.2. The molecule has 0 aliphatic carbocycles. The first kappa shape index (κ1) is 48.9. The van der Waals surface area contributed by atoms with E-state index in [0.717, 1.165) is 37.3 Å². The van der Waals surface area contributed by atoms with Crippen LogP contribution in [0.2, 0.25) is 0 Å². The van der Waals surface area contributed by atoms with E-state index in [4.69, 9.17) is 4.74 Å². The number of rotatable bonds is 20. The molecule has 1 aliphatic heterocycles. The molecule has 0 radical (unpaired) electrons. The van der Waals surface area contributed by atoms with Gasteiger partial charge in [-0.3, -0.25) is 24.0 Å². The zero-order valence-electron chi connectivity index (χ0n) is 35.9. The fourth-order valence-corrected chi connectivity index (χ4v) is 6.72. The van der Waals surface area contributed by atoms with Crippen molar-refractivity contribution >= 4 is 35.5 Å². The van der Waals surface area contributed by atoms with Gasteiger partial charge >= 0.3 is 5.97 Å². The van der Waals surface area contributed by atoms with Crippen molar-refractivity contribution < 1.29 is 43.7 Å². The standard InChI is InChI=1S/C46H65N5O9/c1-7-8-9-10-11-12-16-19-39(54)48-36(26-32-17-14-13-15-18-32)38(53)28-41(56)50-42(30(2)3)44(57)47-34-22-25-40(55)49-43(31(4)5)45(58)51(6)37(46(59)60-29-34)27-33-20-23-35(52)24-21-33/h12-18,20-25,30-31,34,36-38,42-43,52-53H,7-11,19,26-29H2,1-6H3,(H,47,57)(H,48,54)(H,49,55)(H,50,56)/b16-12-,25-22-/t34-,36+,37+,38+,42+,43+/m1/s1. The number of nitrogens with one attached hydrogen (secondary N) is 4. The number of allylic oxidation sites excluding steroid dienone is 1. The molecule has 1 aliphatic rings. The molecule has 0 saturated carbocycles. The van der Waals surface area contributed by atoms with Crippen LogP contribution in [-0.4, -0.2) is 101 Å². The maximum atomic E-state index is 13.8. The Bertz CT molecular complexity index is 1760. The lowest BCUT2D eigenvalue weighted by Crippen LogP contribution is -2.56. The van der Waals surface area contributed by atoms with Gasteiger partial charge in [-0.15, -0.1) is 0 Å². The lowest BCUT2D eigenvalue weighted by Gasteiger charge is -2.32. The monoisotopic (exact) mass is 831 g/mol. The Morgan fingerprint density at radius 3 is 2.27 bits per heavy atom. The molecule has 328 valence electrons. The van der Waals surface area contributed by atoms with E-state index in [1.807, 2.05) is 42.5 Å². The molecule has 0 spiro atoms. The van der Waals surface area contributed by atoms with Gasteiger partial charge in [-0.05, 0) is 54.4 Å². The van der Waals surface area contributed by atoms with Crippen molar-refractivity contribution in [2.24, 2.45) is 11.8 Å². The Hall–Kier alpha value is -5.50. The first-order valence-corrected chi connectivity index (χ1v) is 21.1. The predicted molar refractivity (Wildman–Crippen MR) is 229 cm³/mol. The van der Waals surface area contributed by atoms with Crippen molar-refractivity contribution in [2.45, 2.75) is 129 Å². The number of ether oxygens (including phenoxy) is 1. The van der Waals surface area contributed by atoms with Crippen molar-refractivity contribution in [3.05, 3.63) is 90.0 Å². The number of likely N-dealkylation sites (N-methyl/N-ethyl adjacent to an activating group) is 1. The lowest BCUT2D eigenvalue weighted by atomic mass is 9.97. The van der Waals surface area contributed by atoms with Gasteiger partial charge in [0.15, 0.2) is 0 Å². The fourth-order valence-electron chi connectivity index (χ4n) is 6.72. The number of phenols is 1. The zero-order valence-corrected chi connectivity index (χ0v) is 35.9. The summed E-state index contributed by atoms with van der Waals surface area (Å²) >= 11 is 0. The van der Waals surface area contributed by atoms with Crippen LogP contribution in [0.25, 0.3) is 0 Å². The molecule has 2 aromatic rings. The Kier molecular flexibility index (Phi) is 20.5. The largest absolute Gasteiger partial charge is 0.508 e. The Morgan fingerprint density at radius 2 is 1.62 bits per heavy atom. The highest BCUT2D eigenvalue weighted by Crippen LogP contribution is 2.18. The summed E-state index contributed by atoms with van der Waals surface area (Å²) in [6.07, 6.45) is 10.4. The average Bonchev–Trinajstić information content (AvgIpc) is 3.21. The molecular weight excluding hydrogens is 767 g/mol. The number of hydrogen-bond acceptors (Lipinski definition) is 9. The van der Waals surface area contributed by atoms with Crippen LogP contribution in [0.4, 0.5) is 0 Å². The summed E-state index contributed by atoms with van der Waals surface area (Å²) in [5.74, 6) is -4.12. The molecule has 0 bridgehead atoms. The smallest absolute Gasteiger partial charge is 0.329 e. The van der Waals surface area contributed by atoms with Crippen LogP contribution in [0, 0.1) is 11.8 Å². The van der Waals surface area contributed by atoms with Crippen LogP contribution in [0.5, 0.6) is 5.75 Å². The number of carbonyl (C=O) groups is 6. The third kappa shape index (κ3) is 16.6. The third-order valence-electron chi connectivity index (χ3n) is 10.4. The minimum absolute atomic E-state index is 0.0347.